The van der Waals surface area contributed by atoms with Crippen LogP contribution in [0.15, 0.2) is 54.6 Å². The fourth-order valence-electron chi connectivity index (χ4n) is 2.38. The lowest BCUT2D eigenvalue weighted by Crippen LogP contribution is -2.45. The molecule has 4 nitrogen and oxygen atoms in total. The van der Waals surface area contributed by atoms with Gasteiger partial charge >= 0.3 is 0 Å². The van der Waals surface area contributed by atoms with Gasteiger partial charge in [-0.1, -0.05) is 66.7 Å². The predicted octanol–water partition coefficient (Wildman–Crippen LogP) is 2.26. The topological polar surface area (TPSA) is 69.6 Å². The van der Waals surface area contributed by atoms with Gasteiger partial charge in [0.1, 0.15) is 6.61 Å². The van der Waals surface area contributed by atoms with E-state index in [2.05, 4.69) is 11.4 Å². The van der Waals surface area contributed by atoms with Gasteiger partial charge in [-0.25, -0.2) is 0 Å². The molecule has 2 aromatic carbocycles. The normalized spacial score (nSPS) is 13.8. The summed E-state index contributed by atoms with van der Waals surface area (Å²) in [5.74, 6) is -0.410. The van der Waals surface area contributed by atoms with Crippen molar-refractivity contribution in [3.8, 4) is 0 Å². The van der Waals surface area contributed by atoms with Crippen LogP contribution in [0.5, 0.6) is 0 Å². The van der Waals surface area contributed by atoms with Gasteiger partial charge in [0.25, 0.3) is 0 Å². The van der Waals surface area contributed by atoms with Crippen LogP contribution in [-0.4, -0.2) is 34.7 Å². The fourth-order valence-corrected chi connectivity index (χ4v) is 2.38. The van der Waals surface area contributed by atoms with Crippen LogP contribution in [0, 0.1) is 0 Å². The molecule has 0 saturated heterocycles. The predicted molar refractivity (Wildman–Crippen MR) is 96.2 cm³/mol. The second kappa shape index (κ2) is 9.13. The number of hydrogen-bond donors (Lipinski definition) is 3. The summed E-state index contributed by atoms with van der Waals surface area (Å²) in [7, 11) is 0. The maximum atomic E-state index is 11.6. The molecule has 0 aromatic heterocycles. The smallest absolute Gasteiger partial charge is 0.177 e. The molecule has 0 unspecified atom stereocenters. The Labute approximate surface area is 142 Å². The van der Waals surface area contributed by atoms with E-state index in [0.717, 1.165) is 16.7 Å². The SMILES string of the molecule is C[C@@H](O)[C@H](NCc1ccc(/C=C/c2ccccc2)cc1)C(=O)CO. The van der Waals surface area contributed by atoms with E-state index in [-0.39, 0.29) is 0 Å². The molecule has 0 heterocycles. The zero-order valence-electron chi connectivity index (χ0n) is 13.7. The summed E-state index contributed by atoms with van der Waals surface area (Å²) in [6.45, 7) is 1.40. The van der Waals surface area contributed by atoms with Crippen LogP contribution in [0.25, 0.3) is 12.2 Å². The fraction of sp³-hybridized carbons (Fsp3) is 0.250. The first-order chi connectivity index (χ1) is 11.6. The van der Waals surface area contributed by atoms with Gasteiger partial charge < -0.3 is 15.5 Å². The quantitative estimate of drug-likeness (QED) is 0.651. The van der Waals surface area contributed by atoms with Crippen molar-refractivity contribution in [3.63, 3.8) is 0 Å². The van der Waals surface area contributed by atoms with Gasteiger partial charge in [0.2, 0.25) is 0 Å². The number of carbonyl (C=O) groups excluding carboxylic acids is 1. The third-order valence-corrected chi connectivity index (χ3v) is 3.76. The maximum Gasteiger partial charge on any atom is 0.177 e. The summed E-state index contributed by atoms with van der Waals surface area (Å²) in [5.41, 5.74) is 3.23. The van der Waals surface area contributed by atoms with Gasteiger partial charge in [0.05, 0.1) is 12.1 Å². The molecule has 0 aliphatic rings. The van der Waals surface area contributed by atoms with E-state index in [1.807, 2.05) is 60.7 Å². The highest BCUT2D eigenvalue weighted by Crippen LogP contribution is 2.10. The molecule has 2 atom stereocenters. The minimum Gasteiger partial charge on any atom is -0.391 e. The molecule has 2 aromatic rings. The molecular weight excluding hydrogens is 302 g/mol. The van der Waals surface area contributed by atoms with Crippen LogP contribution in [-0.2, 0) is 11.3 Å². The van der Waals surface area contributed by atoms with Crippen LogP contribution in [0.2, 0.25) is 0 Å². The summed E-state index contributed by atoms with van der Waals surface area (Å²) in [6, 6.07) is 17.3. The third kappa shape index (κ3) is 5.42. The first-order valence-electron chi connectivity index (χ1n) is 7.97. The van der Waals surface area contributed by atoms with Crippen molar-refractivity contribution in [3.05, 3.63) is 71.3 Å². The Morgan fingerprint density at radius 2 is 1.62 bits per heavy atom. The molecule has 0 aliphatic carbocycles. The van der Waals surface area contributed by atoms with E-state index in [1.54, 1.807) is 0 Å². The third-order valence-electron chi connectivity index (χ3n) is 3.76. The molecule has 0 bridgehead atoms. The number of rotatable bonds is 8. The van der Waals surface area contributed by atoms with Crippen LogP contribution >= 0.6 is 0 Å². The molecular formula is C20H23NO3. The number of hydrogen-bond acceptors (Lipinski definition) is 4. The number of nitrogens with one attached hydrogen (secondary N) is 1. The zero-order chi connectivity index (χ0) is 17.4. The van der Waals surface area contributed by atoms with Crippen molar-refractivity contribution in [2.45, 2.75) is 25.6 Å². The molecule has 0 spiro atoms. The van der Waals surface area contributed by atoms with E-state index >= 15 is 0 Å². The highest BCUT2D eigenvalue weighted by atomic mass is 16.3. The van der Waals surface area contributed by atoms with Crippen molar-refractivity contribution < 1.29 is 15.0 Å². The summed E-state index contributed by atoms with van der Waals surface area (Å²) in [4.78, 5) is 11.6. The molecule has 0 saturated carbocycles. The Morgan fingerprint density at radius 1 is 1.04 bits per heavy atom. The van der Waals surface area contributed by atoms with E-state index in [4.69, 9.17) is 5.11 Å². The molecule has 24 heavy (non-hydrogen) atoms. The Morgan fingerprint density at radius 3 is 2.17 bits per heavy atom. The van der Waals surface area contributed by atoms with Crippen LogP contribution in [0.3, 0.4) is 0 Å². The summed E-state index contributed by atoms with van der Waals surface area (Å²) in [5, 5.41) is 21.5. The lowest BCUT2D eigenvalue weighted by molar-refractivity contribution is -0.126. The molecule has 0 radical (unpaired) electrons. The first-order valence-corrected chi connectivity index (χ1v) is 7.97. The van der Waals surface area contributed by atoms with Gasteiger partial charge in [-0.3, -0.25) is 4.79 Å². The Balaban J connectivity index is 1.94. The van der Waals surface area contributed by atoms with E-state index in [9.17, 15) is 9.90 Å². The summed E-state index contributed by atoms with van der Waals surface area (Å²) >= 11 is 0. The van der Waals surface area contributed by atoms with E-state index < -0.39 is 24.5 Å². The van der Waals surface area contributed by atoms with Gasteiger partial charge in [0.15, 0.2) is 5.78 Å². The monoisotopic (exact) mass is 325 g/mol. The zero-order valence-corrected chi connectivity index (χ0v) is 13.7. The molecule has 0 amide bonds. The second-order valence-electron chi connectivity index (χ2n) is 5.71. The van der Waals surface area contributed by atoms with Crippen molar-refractivity contribution in [2.24, 2.45) is 0 Å². The van der Waals surface area contributed by atoms with Gasteiger partial charge in [-0.2, -0.15) is 0 Å². The van der Waals surface area contributed by atoms with Crippen molar-refractivity contribution >= 4 is 17.9 Å². The maximum absolute atomic E-state index is 11.6. The summed E-state index contributed by atoms with van der Waals surface area (Å²) < 4.78 is 0. The molecule has 2 rings (SSSR count). The Kier molecular flexibility index (Phi) is 6.88. The van der Waals surface area contributed by atoms with E-state index in [0.29, 0.717) is 6.54 Å². The minimum absolute atomic E-state index is 0.410. The van der Waals surface area contributed by atoms with Gasteiger partial charge in [0, 0.05) is 6.54 Å². The van der Waals surface area contributed by atoms with E-state index in [1.165, 1.54) is 6.92 Å². The largest absolute Gasteiger partial charge is 0.391 e. The molecule has 0 fully saturated rings. The molecule has 126 valence electrons. The first kappa shape index (κ1) is 18.1. The average Bonchev–Trinajstić information content (AvgIpc) is 2.61. The summed E-state index contributed by atoms with van der Waals surface area (Å²) in [6.07, 6.45) is 3.24. The minimum atomic E-state index is -0.849. The highest BCUT2D eigenvalue weighted by molar-refractivity contribution is 5.85. The number of aliphatic hydroxyl groups excluding tert-OH is 2. The van der Waals surface area contributed by atoms with Crippen LogP contribution < -0.4 is 5.32 Å². The molecule has 3 N–H and O–H groups in total. The standard InChI is InChI=1S/C20H23NO3/c1-15(23)20(19(24)14-22)21-13-18-11-9-17(10-12-18)8-7-16-5-3-2-4-6-16/h2-12,15,20-23H,13-14H2,1H3/b8-7+/t15-,20+/m1/s1. The molecule has 0 aliphatic heterocycles. The van der Waals surface area contributed by atoms with Crippen molar-refractivity contribution in [1.82, 2.24) is 5.32 Å². The second-order valence-corrected chi connectivity index (χ2v) is 5.71. The average molecular weight is 325 g/mol. The number of ketones is 1. The highest BCUT2D eigenvalue weighted by Gasteiger charge is 2.21. The number of carbonyl (C=O) groups is 1. The Bertz CT molecular complexity index is 663. The van der Waals surface area contributed by atoms with Crippen LogP contribution in [0.1, 0.15) is 23.6 Å². The van der Waals surface area contributed by atoms with Crippen LogP contribution in [0.4, 0.5) is 0 Å². The molecule has 4 heteroatoms. The van der Waals surface area contributed by atoms with Crippen molar-refractivity contribution in [1.29, 1.82) is 0 Å². The lowest BCUT2D eigenvalue weighted by atomic mass is 10.1. The lowest BCUT2D eigenvalue weighted by Gasteiger charge is -2.19. The Hall–Kier alpha value is -2.27. The number of benzene rings is 2. The van der Waals surface area contributed by atoms with Gasteiger partial charge in [-0.05, 0) is 23.6 Å². The van der Waals surface area contributed by atoms with Gasteiger partial charge in [-0.15, -0.1) is 0 Å². The number of aliphatic hydroxyl groups is 2. The number of Topliss-reactive ketones (excluding diaryl/α,β-unsaturated/α-hetero) is 1. The van der Waals surface area contributed by atoms with Crippen molar-refractivity contribution in [2.75, 3.05) is 6.61 Å².